The van der Waals surface area contributed by atoms with E-state index in [9.17, 15) is 4.79 Å². The number of aliphatic carboxylic acids is 1. The second kappa shape index (κ2) is 5.44. The van der Waals surface area contributed by atoms with Gasteiger partial charge in [0, 0.05) is 27.3 Å². The van der Waals surface area contributed by atoms with Gasteiger partial charge in [0.15, 0.2) is 0 Å². The molecule has 0 aromatic carbocycles. The van der Waals surface area contributed by atoms with Crippen molar-refractivity contribution in [2.45, 2.75) is 31.6 Å². The summed E-state index contributed by atoms with van der Waals surface area (Å²) >= 11 is 0. The monoisotopic (exact) mass is 217 g/mol. The average molecular weight is 217 g/mol. The first-order valence-corrected chi connectivity index (χ1v) is 5.16. The van der Waals surface area contributed by atoms with E-state index in [0.717, 1.165) is 0 Å². The van der Waals surface area contributed by atoms with Gasteiger partial charge in [-0.2, -0.15) is 0 Å². The van der Waals surface area contributed by atoms with Crippen LogP contribution in [0.1, 0.15) is 13.3 Å². The van der Waals surface area contributed by atoms with Crippen LogP contribution in [-0.2, 0) is 14.3 Å². The van der Waals surface area contributed by atoms with Gasteiger partial charge in [-0.05, 0) is 6.42 Å². The van der Waals surface area contributed by atoms with E-state index in [2.05, 4.69) is 0 Å². The second-order valence-electron chi connectivity index (χ2n) is 3.76. The Morgan fingerprint density at radius 3 is 2.13 bits per heavy atom. The number of likely N-dealkylation sites (tertiary alicyclic amines) is 1. The second-order valence-corrected chi connectivity index (χ2v) is 3.76. The third-order valence-corrected chi connectivity index (χ3v) is 2.96. The predicted molar refractivity (Wildman–Crippen MR) is 54.9 cm³/mol. The highest BCUT2D eigenvalue weighted by atomic mass is 16.5. The number of carboxylic acid groups (broad SMARTS) is 1. The zero-order chi connectivity index (χ0) is 11.4. The van der Waals surface area contributed by atoms with Crippen LogP contribution in [0.5, 0.6) is 0 Å². The summed E-state index contributed by atoms with van der Waals surface area (Å²) in [6, 6.07) is -0.428. The number of hydrogen-bond donors (Lipinski definition) is 1. The summed E-state index contributed by atoms with van der Waals surface area (Å²) in [4.78, 5) is 12.9. The van der Waals surface area contributed by atoms with E-state index >= 15 is 0 Å². The summed E-state index contributed by atoms with van der Waals surface area (Å²) < 4.78 is 10.5. The molecule has 5 nitrogen and oxygen atoms in total. The molecular formula is C10H19NO4. The minimum atomic E-state index is -0.774. The van der Waals surface area contributed by atoms with Gasteiger partial charge in [-0.25, -0.2) is 0 Å². The highest BCUT2D eigenvalue weighted by Crippen LogP contribution is 2.19. The quantitative estimate of drug-likeness (QED) is 0.712. The Hall–Kier alpha value is -0.650. The van der Waals surface area contributed by atoms with Gasteiger partial charge >= 0.3 is 5.97 Å². The molecule has 0 radical (unpaired) electrons. The molecule has 0 aromatic rings. The number of carbonyl (C=O) groups is 1. The molecule has 0 spiro atoms. The van der Waals surface area contributed by atoms with Crippen molar-refractivity contribution < 1.29 is 19.4 Å². The molecule has 3 atom stereocenters. The van der Waals surface area contributed by atoms with Crippen LogP contribution in [0.15, 0.2) is 0 Å². The van der Waals surface area contributed by atoms with E-state index in [4.69, 9.17) is 14.6 Å². The van der Waals surface area contributed by atoms with Crippen molar-refractivity contribution in [3.8, 4) is 0 Å². The lowest BCUT2D eigenvalue weighted by atomic mass is 10.2. The third kappa shape index (κ3) is 2.68. The van der Waals surface area contributed by atoms with Crippen LogP contribution in [0.25, 0.3) is 0 Å². The van der Waals surface area contributed by atoms with E-state index in [0.29, 0.717) is 19.5 Å². The number of hydrogen-bond acceptors (Lipinski definition) is 4. The molecule has 88 valence electrons. The van der Waals surface area contributed by atoms with Crippen molar-refractivity contribution >= 4 is 5.97 Å². The minimum absolute atomic E-state index is 0.0246. The van der Waals surface area contributed by atoms with Crippen molar-refractivity contribution in [1.29, 1.82) is 0 Å². The lowest BCUT2D eigenvalue weighted by Gasteiger charge is -2.22. The van der Waals surface area contributed by atoms with E-state index in [1.807, 2.05) is 11.8 Å². The molecule has 0 unspecified atom stereocenters. The van der Waals surface area contributed by atoms with Crippen LogP contribution in [0, 0.1) is 0 Å². The molecule has 1 heterocycles. The summed E-state index contributed by atoms with van der Waals surface area (Å²) in [7, 11) is 3.25. The zero-order valence-corrected chi connectivity index (χ0v) is 9.47. The van der Waals surface area contributed by atoms with Gasteiger partial charge < -0.3 is 14.6 Å². The number of methoxy groups -OCH3 is 2. The van der Waals surface area contributed by atoms with Gasteiger partial charge in [-0.3, -0.25) is 9.69 Å². The van der Waals surface area contributed by atoms with Crippen LogP contribution in [-0.4, -0.2) is 61.5 Å². The number of carboxylic acids is 1. The molecule has 1 fully saturated rings. The Kier molecular flexibility index (Phi) is 4.50. The molecule has 0 aliphatic carbocycles. The van der Waals surface area contributed by atoms with E-state index in [1.165, 1.54) is 0 Å². The summed E-state index contributed by atoms with van der Waals surface area (Å²) in [6.45, 7) is 3.13. The molecule has 5 heteroatoms. The van der Waals surface area contributed by atoms with Crippen molar-refractivity contribution in [2.75, 3.05) is 27.3 Å². The molecule has 1 aliphatic rings. The van der Waals surface area contributed by atoms with Crippen LogP contribution >= 0.6 is 0 Å². The lowest BCUT2D eigenvalue weighted by molar-refractivity contribution is -0.143. The highest BCUT2D eigenvalue weighted by Gasteiger charge is 2.38. The van der Waals surface area contributed by atoms with Crippen LogP contribution in [0.4, 0.5) is 0 Å². The Bertz CT molecular complexity index is 209. The van der Waals surface area contributed by atoms with Gasteiger partial charge in [0.2, 0.25) is 0 Å². The fraction of sp³-hybridized carbons (Fsp3) is 0.900. The molecule has 0 aromatic heterocycles. The van der Waals surface area contributed by atoms with Gasteiger partial charge in [0.25, 0.3) is 0 Å². The maximum Gasteiger partial charge on any atom is 0.320 e. The van der Waals surface area contributed by atoms with Crippen LogP contribution in [0.2, 0.25) is 0 Å². The molecule has 1 rings (SSSR count). The Morgan fingerprint density at radius 2 is 1.87 bits per heavy atom. The maximum atomic E-state index is 11.0. The van der Waals surface area contributed by atoms with Crippen LogP contribution in [0.3, 0.4) is 0 Å². The van der Waals surface area contributed by atoms with Crippen molar-refractivity contribution in [3.63, 3.8) is 0 Å². The molecule has 1 aliphatic heterocycles. The molecular weight excluding hydrogens is 198 g/mol. The Labute approximate surface area is 90.0 Å². The van der Waals surface area contributed by atoms with E-state index in [1.54, 1.807) is 14.2 Å². The maximum absolute atomic E-state index is 11.0. The largest absolute Gasteiger partial charge is 0.480 e. The third-order valence-electron chi connectivity index (χ3n) is 2.96. The number of nitrogens with zero attached hydrogens (tertiary/aromatic N) is 1. The summed E-state index contributed by atoms with van der Waals surface area (Å²) in [5, 5.41) is 9.03. The fourth-order valence-electron chi connectivity index (χ4n) is 2.07. The first kappa shape index (κ1) is 12.4. The molecule has 15 heavy (non-hydrogen) atoms. The van der Waals surface area contributed by atoms with Crippen LogP contribution < -0.4 is 0 Å². The van der Waals surface area contributed by atoms with E-state index in [-0.39, 0.29) is 12.2 Å². The number of ether oxygens (including phenoxy) is 2. The van der Waals surface area contributed by atoms with Crippen molar-refractivity contribution in [3.05, 3.63) is 0 Å². The SMILES string of the molecule is CC[C@H](C(=O)O)N1C[C@@H](OC)[C@H](OC)C1. The highest BCUT2D eigenvalue weighted by molar-refractivity contribution is 5.73. The van der Waals surface area contributed by atoms with Gasteiger partial charge in [-0.1, -0.05) is 6.92 Å². The van der Waals surface area contributed by atoms with Crippen molar-refractivity contribution in [2.24, 2.45) is 0 Å². The summed E-state index contributed by atoms with van der Waals surface area (Å²) in [6.07, 6.45) is 0.550. The normalized spacial score (nSPS) is 29.3. The van der Waals surface area contributed by atoms with E-state index < -0.39 is 12.0 Å². The minimum Gasteiger partial charge on any atom is -0.480 e. The fourth-order valence-corrected chi connectivity index (χ4v) is 2.07. The lowest BCUT2D eigenvalue weighted by Crippen LogP contribution is -2.40. The topological polar surface area (TPSA) is 59.0 Å². The number of rotatable bonds is 5. The van der Waals surface area contributed by atoms with Gasteiger partial charge in [0.1, 0.15) is 6.04 Å². The zero-order valence-electron chi connectivity index (χ0n) is 9.47. The smallest absolute Gasteiger partial charge is 0.320 e. The Morgan fingerprint density at radius 1 is 1.40 bits per heavy atom. The first-order chi connectivity index (χ1) is 7.13. The first-order valence-electron chi connectivity index (χ1n) is 5.16. The average Bonchev–Trinajstić information content (AvgIpc) is 2.61. The van der Waals surface area contributed by atoms with Gasteiger partial charge in [0.05, 0.1) is 12.2 Å². The molecule has 0 saturated carbocycles. The summed E-state index contributed by atoms with van der Waals surface area (Å²) in [5.41, 5.74) is 0. The van der Waals surface area contributed by atoms with Crippen molar-refractivity contribution in [1.82, 2.24) is 4.90 Å². The van der Waals surface area contributed by atoms with Gasteiger partial charge in [-0.15, -0.1) is 0 Å². The molecule has 1 saturated heterocycles. The molecule has 1 N–H and O–H groups in total. The predicted octanol–water partition coefficient (Wildman–Crippen LogP) is 0.195. The molecule has 0 bridgehead atoms. The standard InChI is InChI=1S/C10H19NO4/c1-4-7(10(12)13)11-5-8(14-2)9(6-11)15-3/h7-9H,4-6H2,1-3H3,(H,12,13)/t7-,8-,9-/m1/s1. The Balaban J connectivity index is 2.62. The summed E-state index contributed by atoms with van der Waals surface area (Å²) in [5.74, 6) is -0.774. The molecule has 0 amide bonds.